The lowest BCUT2D eigenvalue weighted by Crippen LogP contribution is -2.28. The summed E-state index contributed by atoms with van der Waals surface area (Å²) < 4.78 is 5.11. The predicted octanol–water partition coefficient (Wildman–Crippen LogP) is 1.53. The Kier molecular flexibility index (Phi) is 5.64. The Labute approximate surface area is 96.4 Å². The monoisotopic (exact) mass is 224 g/mol. The highest BCUT2D eigenvalue weighted by molar-refractivity contribution is 5.75. The second kappa shape index (κ2) is 7.06. The number of carbonyl (C=O) groups excluding carboxylic acids is 1. The van der Waals surface area contributed by atoms with E-state index in [4.69, 9.17) is 4.42 Å². The summed E-state index contributed by atoms with van der Waals surface area (Å²) in [7, 11) is 0. The van der Waals surface area contributed by atoms with Gasteiger partial charge in [-0.05, 0) is 24.6 Å². The Balaban J connectivity index is 2.03. The van der Waals surface area contributed by atoms with Crippen LogP contribution in [0.5, 0.6) is 0 Å². The van der Waals surface area contributed by atoms with Crippen LogP contribution in [-0.4, -0.2) is 19.0 Å². The second-order valence-electron chi connectivity index (χ2n) is 4.20. The van der Waals surface area contributed by atoms with Crippen molar-refractivity contribution in [2.75, 3.05) is 13.1 Å². The first kappa shape index (κ1) is 12.8. The van der Waals surface area contributed by atoms with E-state index in [0.717, 1.165) is 18.8 Å². The summed E-state index contributed by atoms with van der Waals surface area (Å²) in [6.45, 7) is 6.43. The summed E-state index contributed by atoms with van der Waals surface area (Å²) in [5, 5.41) is 6.03. The van der Waals surface area contributed by atoms with Gasteiger partial charge in [0.15, 0.2) is 0 Å². The molecule has 90 valence electrons. The molecule has 0 bridgehead atoms. The standard InChI is InChI=1S/C12H20N2O2/c1-10(2)8-13-6-5-12(15)14-9-11-4-3-7-16-11/h3-4,7,10,13H,5-6,8-9H2,1-2H3,(H,14,15). The van der Waals surface area contributed by atoms with Crippen LogP contribution >= 0.6 is 0 Å². The molecule has 1 heterocycles. The van der Waals surface area contributed by atoms with E-state index in [2.05, 4.69) is 24.5 Å². The summed E-state index contributed by atoms with van der Waals surface area (Å²) in [6, 6.07) is 3.66. The molecule has 0 fully saturated rings. The largest absolute Gasteiger partial charge is 0.467 e. The molecule has 0 saturated heterocycles. The summed E-state index contributed by atoms with van der Waals surface area (Å²) in [5.41, 5.74) is 0. The number of nitrogens with one attached hydrogen (secondary N) is 2. The maximum atomic E-state index is 11.4. The molecule has 16 heavy (non-hydrogen) atoms. The molecular weight excluding hydrogens is 204 g/mol. The lowest BCUT2D eigenvalue weighted by atomic mass is 10.2. The van der Waals surface area contributed by atoms with Crippen molar-refractivity contribution < 1.29 is 9.21 Å². The zero-order chi connectivity index (χ0) is 11.8. The van der Waals surface area contributed by atoms with Crippen LogP contribution in [-0.2, 0) is 11.3 Å². The van der Waals surface area contributed by atoms with E-state index >= 15 is 0 Å². The van der Waals surface area contributed by atoms with Crippen LogP contribution < -0.4 is 10.6 Å². The number of furan rings is 1. The zero-order valence-electron chi connectivity index (χ0n) is 9.95. The zero-order valence-corrected chi connectivity index (χ0v) is 9.95. The average molecular weight is 224 g/mol. The average Bonchev–Trinajstić information content (AvgIpc) is 2.74. The predicted molar refractivity (Wildman–Crippen MR) is 62.9 cm³/mol. The highest BCUT2D eigenvalue weighted by Crippen LogP contribution is 1.98. The number of hydrogen-bond acceptors (Lipinski definition) is 3. The van der Waals surface area contributed by atoms with Gasteiger partial charge < -0.3 is 15.1 Å². The minimum absolute atomic E-state index is 0.0488. The molecule has 0 radical (unpaired) electrons. The molecule has 0 unspecified atom stereocenters. The molecule has 0 aliphatic heterocycles. The Hall–Kier alpha value is -1.29. The first-order chi connectivity index (χ1) is 7.68. The van der Waals surface area contributed by atoms with Gasteiger partial charge in [0.05, 0.1) is 12.8 Å². The van der Waals surface area contributed by atoms with E-state index in [1.54, 1.807) is 6.26 Å². The lowest BCUT2D eigenvalue weighted by molar-refractivity contribution is -0.121. The van der Waals surface area contributed by atoms with Crippen molar-refractivity contribution in [3.63, 3.8) is 0 Å². The topological polar surface area (TPSA) is 54.3 Å². The third kappa shape index (κ3) is 5.56. The molecule has 1 rings (SSSR count). The molecule has 0 spiro atoms. The van der Waals surface area contributed by atoms with Gasteiger partial charge in [-0.15, -0.1) is 0 Å². The highest BCUT2D eigenvalue weighted by atomic mass is 16.3. The first-order valence-corrected chi connectivity index (χ1v) is 5.68. The quantitative estimate of drug-likeness (QED) is 0.691. The van der Waals surface area contributed by atoms with Crippen molar-refractivity contribution in [1.82, 2.24) is 10.6 Å². The van der Waals surface area contributed by atoms with E-state index in [-0.39, 0.29) is 5.91 Å². The number of carbonyl (C=O) groups is 1. The van der Waals surface area contributed by atoms with E-state index in [0.29, 0.717) is 18.9 Å². The Morgan fingerprint density at radius 1 is 1.50 bits per heavy atom. The van der Waals surface area contributed by atoms with Crippen molar-refractivity contribution in [2.45, 2.75) is 26.8 Å². The first-order valence-electron chi connectivity index (χ1n) is 5.68. The van der Waals surface area contributed by atoms with Crippen LogP contribution in [0.3, 0.4) is 0 Å². The molecule has 1 aromatic rings. The van der Waals surface area contributed by atoms with E-state index in [1.165, 1.54) is 0 Å². The normalized spacial score (nSPS) is 10.7. The fourth-order valence-electron chi connectivity index (χ4n) is 1.28. The molecule has 2 N–H and O–H groups in total. The minimum atomic E-state index is 0.0488. The van der Waals surface area contributed by atoms with Crippen LogP contribution in [0.25, 0.3) is 0 Å². The van der Waals surface area contributed by atoms with Gasteiger partial charge in [-0.3, -0.25) is 4.79 Å². The van der Waals surface area contributed by atoms with Gasteiger partial charge in [0.25, 0.3) is 0 Å². The summed E-state index contributed by atoms with van der Waals surface area (Å²) in [4.78, 5) is 11.4. The smallest absolute Gasteiger partial charge is 0.221 e. The van der Waals surface area contributed by atoms with Gasteiger partial charge in [-0.25, -0.2) is 0 Å². The molecule has 0 aromatic carbocycles. The van der Waals surface area contributed by atoms with Crippen molar-refractivity contribution >= 4 is 5.91 Å². The molecule has 0 atom stereocenters. The van der Waals surface area contributed by atoms with Gasteiger partial charge in [0.2, 0.25) is 5.91 Å². The maximum absolute atomic E-state index is 11.4. The molecule has 1 aromatic heterocycles. The second-order valence-corrected chi connectivity index (χ2v) is 4.20. The third-order valence-electron chi connectivity index (χ3n) is 2.12. The fraction of sp³-hybridized carbons (Fsp3) is 0.583. The lowest BCUT2D eigenvalue weighted by Gasteiger charge is -2.07. The van der Waals surface area contributed by atoms with Crippen molar-refractivity contribution in [3.8, 4) is 0 Å². The maximum Gasteiger partial charge on any atom is 0.221 e. The van der Waals surface area contributed by atoms with Crippen LogP contribution in [0.15, 0.2) is 22.8 Å². The van der Waals surface area contributed by atoms with Crippen molar-refractivity contribution in [1.29, 1.82) is 0 Å². The molecule has 1 amide bonds. The van der Waals surface area contributed by atoms with Gasteiger partial charge in [0, 0.05) is 13.0 Å². The van der Waals surface area contributed by atoms with E-state index < -0.39 is 0 Å². The number of hydrogen-bond donors (Lipinski definition) is 2. The molecule has 4 nitrogen and oxygen atoms in total. The van der Waals surface area contributed by atoms with Crippen LogP contribution in [0.1, 0.15) is 26.0 Å². The van der Waals surface area contributed by atoms with Crippen LogP contribution in [0, 0.1) is 5.92 Å². The number of rotatable bonds is 7. The number of amides is 1. The summed E-state index contributed by atoms with van der Waals surface area (Å²) >= 11 is 0. The molecule has 0 aliphatic carbocycles. The Morgan fingerprint density at radius 2 is 2.31 bits per heavy atom. The van der Waals surface area contributed by atoms with Crippen LogP contribution in [0.4, 0.5) is 0 Å². The molecular formula is C12H20N2O2. The molecule has 4 heteroatoms. The van der Waals surface area contributed by atoms with Crippen molar-refractivity contribution in [2.24, 2.45) is 5.92 Å². The molecule has 0 saturated carbocycles. The van der Waals surface area contributed by atoms with Gasteiger partial charge in [0.1, 0.15) is 5.76 Å². The van der Waals surface area contributed by atoms with Crippen molar-refractivity contribution in [3.05, 3.63) is 24.2 Å². The molecule has 0 aliphatic rings. The summed E-state index contributed by atoms with van der Waals surface area (Å²) in [5.74, 6) is 1.45. The fourth-order valence-corrected chi connectivity index (χ4v) is 1.28. The van der Waals surface area contributed by atoms with E-state index in [9.17, 15) is 4.79 Å². The van der Waals surface area contributed by atoms with E-state index in [1.807, 2.05) is 12.1 Å². The summed E-state index contributed by atoms with van der Waals surface area (Å²) in [6.07, 6.45) is 2.11. The minimum Gasteiger partial charge on any atom is -0.467 e. The highest BCUT2D eigenvalue weighted by Gasteiger charge is 2.02. The Morgan fingerprint density at radius 3 is 2.94 bits per heavy atom. The van der Waals surface area contributed by atoms with Gasteiger partial charge in [-0.1, -0.05) is 13.8 Å². The van der Waals surface area contributed by atoms with Gasteiger partial charge >= 0.3 is 0 Å². The SMILES string of the molecule is CC(C)CNCCC(=O)NCc1ccco1. The third-order valence-corrected chi connectivity index (χ3v) is 2.12. The van der Waals surface area contributed by atoms with Gasteiger partial charge in [-0.2, -0.15) is 0 Å². The van der Waals surface area contributed by atoms with Crippen LogP contribution in [0.2, 0.25) is 0 Å². The Bertz CT molecular complexity index is 294.